The number of hydrogen-bond donors (Lipinski definition) is 4. The third-order valence-corrected chi connectivity index (χ3v) is 1.69. The van der Waals surface area contributed by atoms with E-state index in [-0.39, 0.29) is 0 Å². The Morgan fingerprint density at radius 1 is 1.42 bits per heavy atom. The topological polar surface area (TPSA) is 115 Å². The summed E-state index contributed by atoms with van der Waals surface area (Å²) in [7, 11) is 0. The monoisotopic (exact) mass is 175 g/mol. The van der Waals surface area contributed by atoms with Crippen LogP contribution in [0, 0.1) is 0 Å². The second kappa shape index (κ2) is 5.93. The van der Waals surface area contributed by atoms with Gasteiger partial charge in [-0.05, 0) is 19.4 Å². The first-order valence-electron chi connectivity index (χ1n) is 4.02. The molecule has 5 heteroatoms. The van der Waals surface area contributed by atoms with Crippen LogP contribution in [0.4, 0.5) is 0 Å². The molecule has 0 bridgehead atoms. The third kappa shape index (κ3) is 4.27. The molecule has 0 saturated carbocycles. The van der Waals surface area contributed by atoms with E-state index in [2.05, 4.69) is 0 Å². The Kier molecular flexibility index (Phi) is 5.61. The average molecular weight is 175 g/mol. The molecule has 0 aliphatic rings. The molecular formula is C7H17N3O2. The number of carbonyl (C=O) groups excluding carboxylic acids is 1. The first-order valence-corrected chi connectivity index (χ1v) is 4.02. The number of primary amides is 1. The molecule has 0 heterocycles. The highest BCUT2D eigenvalue weighted by molar-refractivity contribution is 5.79. The van der Waals surface area contributed by atoms with Gasteiger partial charge >= 0.3 is 0 Å². The lowest BCUT2D eigenvalue weighted by Gasteiger charge is -2.14. The van der Waals surface area contributed by atoms with Gasteiger partial charge in [0.15, 0.2) is 0 Å². The maximum absolute atomic E-state index is 10.4. The largest absolute Gasteiger partial charge is 0.382 e. The van der Waals surface area contributed by atoms with E-state index in [9.17, 15) is 4.79 Å². The van der Waals surface area contributed by atoms with Crippen LogP contribution in [0.25, 0.3) is 0 Å². The average Bonchev–Trinajstić information content (AvgIpc) is 2.03. The summed E-state index contributed by atoms with van der Waals surface area (Å²) >= 11 is 0. The summed E-state index contributed by atoms with van der Waals surface area (Å²) in [5.41, 5.74) is 15.6. The summed E-state index contributed by atoms with van der Waals surface area (Å²) in [4.78, 5) is 10.4. The van der Waals surface area contributed by atoms with Gasteiger partial charge in [0.05, 0.1) is 0 Å². The Labute approximate surface area is 71.9 Å². The van der Waals surface area contributed by atoms with Gasteiger partial charge in [0.2, 0.25) is 5.91 Å². The SMILES string of the molecule is NCCCCC(N)C(O)C(N)=O. The van der Waals surface area contributed by atoms with Gasteiger partial charge in [-0.2, -0.15) is 0 Å². The molecule has 2 atom stereocenters. The van der Waals surface area contributed by atoms with E-state index in [0.29, 0.717) is 13.0 Å². The fourth-order valence-corrected chi connectivity index (χ4v) is 0.893. The van der Waals surface area contributed by atoms with Crippen molar-refractivity contribution in [3.8, 4) is 0 Å². The van der Waals surface area contributed by atoms with Crippen molar-refractivity contribution in [2.24, 2.45) is 17.2 Å². The van der Waals surface area contributed by atoms with E-state index in [4.69, 9.17) is 22.3 Å². The van der Waals surface area contributed by atoms with Crippen molar-refractivity contribution in [3.63, 3.8) is 0 Å². The second-order valence-corrected chi connectivity index (χ2v) is 2.80. The molecule has 0 spiro atoms. The van der Waals surface area contributed by atoms with E-state index >= 15 is 0 Å². The second-order valence-electron chi connectivity index (χ2n) is 2.80. The van der Waals surface area contributed by atoms with E-state index in [1.807, 2.05) is 0 Å². The Hall–Kier alpha value is -0.650. The van der Waals surface area contributed by atoms with Crippen LogP contribution in [-0.2, 0) is 4.79 Å². The summed E-state index contributed by atoms with van der Waals surface area (Å²) in [6, 6.07) is -0.561. The van der Waals surface area contributed by atoms with Gasteiger partial charge in [-0.25, -0.2) is 0 Å². The molecule has 0 rings (SSSR count). The van der Waals surface area contributed by atoms with Crippen molar-refractivity contribution in [2.45, 2.75) is 31.4 Å². The molecule has 0 aliphatic heterocycles. The van der Waals surface area contributed by atoms with E-state index < -0.39 is 18.1 Å². The number of aliphatic hydroxyl groups excluding tert-OH is 1. The molecule has 0 radical (unpaired) electrons. The molecule has 0 aliphatic carbocycles. The van der Waals surface area contributed by atoms with Crippen LogP contribution in [0.1, 0.15) is 19.3 Å². The Bertz CT molecular complexity index is 141. The fraction of sp³-hybridized carbons (Fsp3) is 0.857. The van der Waals surface area contributed by atoms with Crippen LogP contribution in [0.3, 0.4) is 0 Å². The lowest BCUT2D eigenvalue weighted by atomic mass is 10.0. The molecular weight excluding hydrogens is 158 g/mol. The predicted octanol–water partition coefficient (Wildman–Crippen LogP) is -1.71. The minimum atomic E-state index is -1.23. The molecule has 7 N–H and O–H groups in total. The summed E-state index contributed by atoms with van der Waals surface area (Å²) in [6.07, 6.45) is 0.991. The van der Waals surface area contributed by atoms with Crippen LogP contribution in [0.15, 0.2) is 0 Å². The smallest absolute Gasteiger partial charge is 0.247 e. The van der Waals surface area contributed by atoms with Crippen LogP contribution in [0.5, 0.6) is 0 Å². The number of nitrogens with two attached hydrogens (primary N) is 3. The Morgan fingerprint density at radius 3 is 2.42 bits per heavy atom. The van der Waals surface area contributed by atoms with Gasteiger partial charge in [-0.1, -0.05) is 6.42 Å². The predicted molar refractivity (Wildman–Crippen MR) is 46.1 cm³/mol. The van der Waals surface area contributed by atoms with Gasteiger partial charge in [-0.15, -0.1) is 0 Å². The summed E-state index contributed by atoms with van der Waals surface area (Å²) in [5.74, 6) is -0.768. The third-order valence-electron chi connectivity index (χ3n) is 1.69. The normalized spacial score (nSPS) is 15.6. The molecule has 2 unspecified atom stereocenters. The highest BCUT2D eigenvalue weighted by Gasteiger charge is 2.19. The first kappa shape index (κ1) is 11.4. The Balaban J connectivity index is 3.56. The quantitative estimate of drug-likeness (QED) is 0.360. The summed E-state index contributed by atoms with van der Waals surface area (Å²) in [5, 5.41) is 9.06. The molecule has 0 fully saturated rings. The molecule has 0 saturated heterocycles. The van der Waals surface area contributed by atoms with Crippen molar-refractivity contribution in [1.29, 1.82) is 0 Å². The zero-order valence-electron chi connectivity index (χ0n) is 7.07. The number of carbonyl (C=O) groups is 1. The minimum Gasteiger partial charge on any atom is -0.382 e. The van der Waals surface area contributed by atoms with Gasteiger partial charge < -0.3 is 22.3 Å². The highest BCUT2D eigenvalue weighted by atomic mass is 16.3. The number of unbranched alkanes of at least 4 members (excludes halogenated alkanes) is 1. The van der Waals surface area contributed by atoms with Gasteiger partial charge in [0.1, 0.15) is 6.10 Å². The number of rotatable bonds is 6. The maximum atomic E-state index is 10.4. The lowest BCUT2D eigenvalue weighted by Crippen LogP contribution is -2.43. The number of aliphatic hydroxyl groups is 1. The molecule has 72 valence electrons. The van der Waals surface area contributed by atoms with Crippen molar-refractivity contribution >= 4 is 5.91 Å². The molecule has 12 heavy (non-hydrogen) atoms. The van der Waals surface area contributed by atoms with Gasteiger partial charge in [0.25, 0.3) is 0 Å². The van der Waals surface area contributed by atoms with Crippen LogP contribution in [0.2, 0.25) is 0 Å². The minimum absolute atomic E-state index is 0.561. The van der Waals surface area contributed by atoms with Crippen LogP contribution >= 0.6 is 0 Å². The van der Waals surface area contributed by atoms with E-state index in [1.165, 1.54) is 0 Å². The zero-order valence-corrected chi connectivity index (χ0v) is 7.07. The van der Waals surface area contributed by atoms with Crippen LogP contribution < -0.4 is 17.2 Å². The van der Waals surface area contributed by atoms with E-state index in [1.54, 1.807) is 0 Å². The van der Waals surface area contributed by atoms with Crippen molar-refractivity contribution < 1.29 is 9.90 Å². The molecule has 5 nitrogen and oxygen atoms in total. The zero-order chi connectivity index (χ0) is 9.56. The van der Waals surface area contributed by atoms with Gasteiger partial charge in [-0.3, -0.25) is 4.79 Å². The molecule has 0 aromatic carbocycles. The summed E-state index contributed by atoms with van der Waals surface area (Å²) in [6.45, 7) is 0.597. The van der Waals surface area contributed by atoms with Gasteiger partial charge in [0, 0.05) is 6.04 Å². The molecule has 0 aromatic rings. The molecule has 0 aromatic heterocycles. The van der Waals surface area contributed by atoms with Crippen molar-refractivity contribution in [3.05, 3.63) is 0 Å². The number of hydrogen-bond acceptors (Lipinski definition) is 4. The van der Waals surface area contributed by atoms with E-state index in [0.717, 1.165) is 12.8 Å². The highest BCUT2D eigenvalue weighted by Crippen LogP contribution is 2.01. The number of amides is 1. The van der Waals surface area contributed by atoms with Crippen molar-refractivity contribution in [2.75, 3.05) is 6.54 Å². The first-order chi connectivity index (χ1) is 5.59. The van der Waals surface area contributed by atoms with Crippen LogP contribution in [-0.4, -0.2) is 29.7 Å². The summed E-state index contributed by atoms with van der Waals surface area (Å²) < 4.78 is 0. The fourth-order valence-electron chi connectivity index (χ4n) is 0.893. The molecule has 1 amide bonds. The van der Waals surface area contributed by atoms with Crippen molar-refractivity contribution in [1.82, 2.24) is 0 Å². The Morgan fingerprint density at radius 2 is 2.00 bits per heavy atom. The standard InChI is InChI=1S/C7H17N3O2/c8-4-2-1-3-5(9)6(11)7(10)12/h5-6,11H,1-4,8-9H2,(H2,10,12). The lowest BCUT2D eigenvalue weighted by molar-refractivity contribution is -0.127. The maximum Gasteiger partial charge on any atom is 0.247 e.